The zero-order chi connectivity index (χ0) is 15.6. The highest BCUT2D eigenvalue weighted by Gasteiger charge is 2.05. The lowest BCUT2D eigenvalue weighted by molar-refractivity contribution is 0.00657. The molecule has 0 saturated carbocycles. The van der Waals surface area contributed by atoms with Gasteiger partial charge >= 0.3 is 0 Å². The SMILES string of the molecule is CCCCCCCCCCNCC(CC)OCCOCC. The van der Waals surface area contributed by atoms with Crippen molar-refractivity contribution in [3.05, 3.63) is 0 Å². The van der Waals surface area contributed by atoms with Gasteiger partial charge < -0.3 is 14.8 Å². The fourth-order valence-corrected chi connectivity index (χ4v) is 2.39. The van der Waals surface area contributed by atoms with Crippen molar-refractivity contribution >= 4 is 0 Å². The Hall–Kier alpha value is -0.120. The Morgan fingerprint density at radius 3 is 2.10 bits per heavy atom. The number of hydrogen-bond acceptors (Lipinski definition) is 3. The Balaban J connectivity index is 3.23. The van der Waals surface area contributed by atoms with Gasteiger partial charge in [-0.05, 0) is 26.3 Å². The van der Waals surface area contributed by atoms with Crippen LogP contribution in [0, 0.1) is 0 Å². The lowest BCUT2D eigenvalue weighted by atomic mass is 10.1. The van der Waals surface area contributed by atoms with E-state index in [0.717, 1.165) is 26.1 Å². The zero-order valence-electron chi connectivity index (χ0n) is 14.8. The lowest BCUT2D eigenvalue weighted by Crippen LogP contribution is -2.30. The average Bonchev–Trinajstić information content (AvgIpc) is 2.51. The second kappa shape index (κ2) is 17.9. The fourth-order valence-electron chi connectivity index (χ4n) is 2.39. The summed E-state index contributed by atoms with van der Waals surface area (Å²) in [5.74, 6) is 0. The van der Waals surface area contributed by atoms with Crippen LogP contribution in [0.15, 0.2) is 0 Å². The molecule has 0 aliphatic rings. The van der Waals surface area contributed by atoms with E-state index in [9.17, 15) is 0 Å². The van der Waals surface area contributed by atoms with Crippen LogP contribution in [0.5, 0.6) is 0 Å². The van der Waals surface area contributed by atoms with Crippen molar-refractivity contribution in [3.63, 3.8) is 0 Å². The Morgan fingerprint density at radius 2 is 1.48 bits per heavy atom. The summed E-state index contributed by atoms with van der Waals surface area (Å²) in [4.78, 5) is 0. The highest BCUT2D eigenvalue weighted by molar-refractivity contribution is 4.60. The van der Waals surface area contributed by atoms with Crippen molar-refractivity contribution in [1.29, 1.82) is 0 Å². The number of nitrogens with one attached hydrogen (secondary N) is 1. The normalized spacial score (nSPS) is 12.7. The van der Waals surface area contributed by atoms with Crippen molar-refractivity contribution in [1.82, 2.24) is 5.32 Å². The minimum absolute atomic E-state index is 0.333. The summed E-state index contributed by atoms with van der Waals surface area (Å²) >= 11 is 0. The van der Waals surface area contributed by atoms with Crippen LogP contribution in [-0.4, -0.2) is 39.0 Å². The van der Waals surface area contributed by atoms with Crippen LogP contribution in [0.4, 0.5) is 0 Å². The van der Waals surface area contributed by atoms with Crippen LogP contribution in [0.25, 0.3) is 0 Å². The quantitative estimate of drug-likeness (QED) is 0.400. The molecule has 1 atom stereocenters. The molecule has 21 heavy (non-hydrogen) atoms. The van der Waals surface area contributed by atoms with Crippen LogP contribution in [-0.2, 0) is 9.47 Å². The number of ether oxygens (including phenoxy) is 2. The summed E-state index contributed by atoms with van der Waals surface area (Å²) < 4.78 is 11.1. The van der Waals surface area contributed by atoms with Crippen molar-refractivity contribution < 1.29 is 9.47 Å². The van der Waals surface area contributed by atoms with Gasteiger partial charge in [-0.2, -0.15) is 0 Å². The predicted molar refractivity (Wildman–Crippen MR) is 92.0 cm³/mol. The Kier molecular flexibility index (Phi) is 17.8. The van der Waals surface area contributed by atoms with Crippen LogP contribution < -0.4 is 5.32 Å². The molecule has 0 saturated heterocycles. The maximum atomic E-state index is 5.79. The third kappa shape index (κ3) is 16.1. The van der Waals surface area contributed by atoms with E-state index in [1.54, 1.807) is 0 Å². The molecule has 0 rings (SSSR count). The van der Waals surface area contributed by atoms with Gasteiger partial charge in [0.1, 0.15) is 0 Å². The van der Waals surface area contributed by atoms with E-state index in [4.69, 9.17) is 9.47 Å². The summed E-state index contributed by atoms with van der Waals surface area (Å²) in [6.07, 6.45) is 12.5. The molecule has 0 radical (unpaired) electrons. The van der Waals surface area contributed by atoms with Crippen molar-refractivity contribution in [2.75, 3.05) is 32.9 Å². The topological polar surface area (TPSA) is 30.5 Å². The van der Waals surface area contributed by atoms with Gasteiger partial charge in [-0.3, -0.25) is 0 Å². The van der Waals surface area contributed by atoms with Gasteiger partial charge in [0, 0.05) is 13.2 Å². The van der Waals surface area contributed by atoms with Gasteiger partial charge in [0.05, 0.1) is 19.3 Å². The Labute approximate surface area is 133 Å². The van der Waals surface area contributed by atoms with E-state index in [0.29, 0.717) is 19.3 Å². The monoisotopic (exact) mass is 301 g/mol. The first-order valence-electron chi connectivity index (χ1n) is 9.25. The Morgan fingerprint density at radius 1 is 0.810 bits per heavy atom. The summed E-state index contributed by atoms with van der Waals surface area (Å²) in [6, 6.07) is 0. The highest BCUT2D eigenvalue weighted by Crippen LogP contribution is 2.07. The molecule has 128 valence electrons. The van der Waals surface area contributed by atoms with E-state index in [-0.39, 0.29) is 0 Å². The first kappa shape index (κ1) is 20.9. The summed E-state index contributed by atoms with van der Waals surface area (Å²) in [7, 11) is 0. The molecule has 0 bridgehead atoms. The standard InChI is InChI=1S/C18H39NO2/c1-4-7-8-9-10-11-12-13-14-19-17-18(5-2)21-16-15-20-6-3/h18-19H,4-17H2,1-3H3. The number of hydrogen-bond donors (Lipinski definition) is 1. The highest BCUT2D eigenvalue weighted by atomic mass is 16.5. The van der Waals surface area contributed by atoms with E-state index in [2.05, 4.69) is 19.2 Å². The van der Waals surface area contributed by atoms with Crippen LogP contribution in [0.1, 0.15) is 78.6 Å². The number of rotatable bonds is 17. The molecule has 0 aromatic rings. The van der Waals surface area contributed by atoms with Crippen molar-refractivity contribution in [3.8, 4) is 0 Å². The smallest absolute Gasteiger partial charge is 0.0704 e. The van der Waals surface area contributed by atoms with Crippen molar-refractivity contribution in [2.24, 2.45) is 0 Å². The van der Waals surface area contributed by atoms with Gasteiger partial charge in [0.2, 0.25) is 0 Å². The molecule has 3 heteroatoms. The van der Waals surface area contributed by atoms with Crippen LogP contribution in [0.3, 0.4) is 0 Å². The van der Waals surface area contributed by atoms with Crippen LogP contribution in [0.2, 0.25) is 0 Å². The first-order valence-corrected chi connectivity index (χ1v) is 9.25. The molecule has 0 aromatic heterocycles. The van der Waals surface area contributed by atoms with Gasteiger partial charge in [-0.1, -0.05) is 58.8 Å². The summed E-state index contributed by atoms with van der Waals surface area (Å²) in [5.41, 5.74) is 0. The molecular formula is C18H39NO2. The maximum Gasteiger partial charge on any atom is 0.0704 e. The minimum atomic E-state index is 0.333. The fraction of sp³-hybridized carbons (Fsp3) is 1.00. The van der Waals surface area contributed by atoms with Gasteiger partial charge in [0.15, 0.2) is 0 Å². The largest absolute Gasteiger partial charge is 0.379 e. The van der Waals surface area contributed by atoms with Crippen molar-refractivity contribution in [2.45, 2.75) is 84.7 Å². The lowest BCUT2D eigenvalue weighted by Gasteiger charge is -2.16. The molecule has 0 aromatic carbocycles. The average molecular weight is 302 g/mol. The first-order chi connectivity index (χ1) is 10.3. The second-order valence-electron chi connectivity index (χ2n) is 5.78. The third-order valence-corrected chi connectivity index (χ3v) is 3.82. The van der Waals surface area contributed by atoms with E-state index >= 15 is 0 Å². The van der Waals surface area contributed by atoms with E-state index < -0.39 is 0 Å². The maximum absolute atomic E-state index is 5.79. The summed E-state index contributed by atoms with van der Waals surface area (Å²) in [5, 5.41) is 3.52. The number of unbranched alkanes of at least 4 members (excludes halogenated alkanes) is 7. The molecule has 0 heterocycles. The van der Waals surface area contributed by atoms with Gasteiger partial charge in [-0.25, -0.2) is 0 Å². The van der Waals surface area contributed by atoms with Crippen LogP contribution >= 0.6 is 0 Å². The molecule has 1 N–H and O–H groups in total. The molecule has 1 unspecified atom stereocenters. The predicted octanol–water partition coefficient (Wildman–Crippen LogP) is 4.55. The second-order valence-corrected chi connectivity index (χ2v) is 5.78. The molecule has 0 fully saturated rings. The third-order valence-electron chi connectivity index (χ3n) is 3.82. The zero-order valence-corrected chi connectivity index (χ0v) is 14.8. The molecule has 0 spiro atoms. The molecule has 0 aliphatic carbocycles. The molecule has 0 amide bonds. The van der Waals surface area contributed by atoms with E-state index in [1.807, 2.05) is 6.92 Å². The Bertz CT molecular complexity index is 188. The molecule has 3 nitrogen and oxygen atoms in total. The van der Waals surface area contributed by atoms with Gasteiger partial charge in [0.25, 0.3) is 0 Å². The molecular weight excluding hydrogens is 262 g/mol. The van der Waals surface area contributed by atoms with E-state index in [1.165, 1.54) is 51.4 Å². The summed E-state index contributed by atoms with van der Waals surface area (Å²) in [6.45, 7) is 10.8. The molecule has 0 aliphatic heterocycles. The van der Waals surface area contributed by atoms with Gasteiger partial charge in [-0.15, -0.1) is 0 Å². The minimum Gasteiger partial charge on any atom is -0.379 e.